The molecule has 0 saturated heterocycles. The van der Waals surface area contributed by atoms with Gasteiger partial charge in [-0.3, -0.25) is 4.98 Å². The van der Waals surface area contributed by atoms with Crippen LogP contribution in [0.25, 0.3) is 22.6 Å². The van der Waals surface area contributed by atoms with E-state index in [4.69, 9.17) is 14.5 Å². The molecule has 0 aliphatic carbocycles. The Labute approximate surface area is 160 Å². The molecule has 2 aromatic heterocycles. The SMILES string of the molecule is COc1ccc(-c2nc(-c3cc(C)nc(C)c3)c3n2CCOCC3)cc1C. The van der Waals surface area contributed by atoms with Crippen LogP contribution in [-0.2, 0) is 17.7 Å². The summed E-state index contributed by atoms with van der Waals surface area (Å²) < 4.78 is 13.5. The van der Waals surface area contributed by atoms with Gasteiger partial charge in [0.25, 0.3) is 0 Å². The van der Waals surface area contributed by atoms with Gasteiger partial charge < -0.3 is 14.0 Å². The number of hydrogen-bond acceptors (Lipinski definition) is 4. The summed E-state index contributed by atoms with van der Waals surface area (Å²) in [7, 11) is 1.70. The first-order valence-corrected chi connectivity index (χ1v) is 9.34. The molecule has 1 aliphatic heterocycles. The fourth-order valence-electron chi connectivity index (χ4n) is 3.85. The predicted octanol–water partition coefficient (Wildman–Crippen LogP) is 4.12. The Morgan fingerprint density at radius 2 is 1.74 bits per heavy atom. The fourth-order valence-corrected chi connectivity index (χ4v) is 3.85. The molecule has 0 radical (unpaired) electrons. The highest BCUT2D eigenvalue weighted by molar-refractivity contribution is 5.70. The van der Waals surface area contributed by atoms with Crippen LogP contribution < -0.4 is 4.74 Å². The number of hydrogen-bond donors (Lipinski definition) is 0. The molecule has 0 fully saturated rings. The van der Waals surface area contributed by atoms with Crippen LogP contribution in [0, 0.1) is 20.8 Å². The smallest absolute Gasteiger partial charge is 0.140 e. The molecule has 5 nitrogen and oxygen atoms in total. The minimum Gasteiger partial charge on any atom is -0.496 e. The molecule has 0 N–H and O–H groups in total. The van der Waals surface area contributed by atoms with E-state index in [0.717, 1.165) is 64.9 Å². The second kappa shape index (κ2) is 7.16. The van der Waals surface area contributed by atoms with Crippen molar-refractivity contribution >= 4 is 0 Å². The average Bonchev–Trinajstić information content (AvgIpc) is 2.82. The second-order valence-electron chi connectivity index (χ2n) is 7.07. The number of nitrogens with zero attached hydrogens (tertiary/aromatic N) is 3. The molecule has 1 aromatic carbocycles. The monoisotopic (exact) mass is 363 g/mol. The van der Waals surface area contributed by atoms with Crippen molar-refractivity contribution in [1.29, 1.82) is 0 Å². The van der Waals surface area contributed by atoms with Crippen molar-refractivity contribution in [2.45, 2.75) is 33.7 Å². The predicted molar refractivity (Wildman–Crippen MR) is 106 cm³/mol. The molecule has 3 aromatic rings. The van der Waals surface area contributed by atoms with Crippen LogP contribution in [0.2, 0.25) is 0 Å². The highest BCUT2D eigenvalue weighted by Gasteiger charge is 2.22. The van der Waals surface area contributed by atoms with Crippen molar-refractivity contribution in [3.63, 3.8) is 0 Å². The van der Waals surface area contributed by atoms with Crippen LogP contribution >= 0.6 is 0 Å². The molecule has 4 rings (SSSR count). The molecule has 0 bridgehead atoms. The molecule has 27 heavy (non-hydrogen) atoms. The van der Waals surface area contributed by atoms with Crippen LogP contribution in [0.1, 0.15) is 22.6 Å². The Hall–Kier alpha value is -2.66. The maximum absolute atomic E-state index is 5.74. The number of rotatable bonds is 3. The van der Waals surface area contributed by atoms with Gasteiger partial charge in [-0.1, -0.05) is 0 Å². The van der Waals surface area contributed by atoms with Crippen molar-refractivity contribution in [2.24, 2.45) is 0 Å². The normalized spacial score (nSPS) is 13.9. The zero-order chi connectivity index (χ0) is 19.0. The van der Waals surface area contributed by atoms with Gasteiger partial charge in [-0.05, 0) is 56.7 Å². The summed E-state index contributed by atoms with van der Waals surface area (Å²) in [5, 5.41) is 0. The standard InChI is InChI=1S/C22H25N3O2/c1-14-11-17(5-6-20(14)26-4)22-24-21(18-12-15(2)23-16(3)13-18)19-7-9-27-10-8-25(19)22/h5-6,11-13H,7-10H2,1-4H3. The Morgan fingerprint density at radius 1 is 0.963 bits per heavy atom. The first kappa shape index (κ1) is 17.7. The second-order valence-corrected chi connectivity index (χ2v) is 7.07. The van der Waals surface area contributed by atoms with Gasteiger partial charge in [0.1, 0.15) is 11.6 Å². The van der Waals surface area contributed by atoms with E-state index in [2.05, 4.69) is 40.7 Å². The van der Waals surface area contributed by atoms with Gasteiger partial charge in [-0.25, -0.2) is 4.98 Å². The highest BCUT2D eigenvalue weighted by atomic mass is 16.5. The summed E-state index contributed by atoms with van der Waals surface area (Å²) in [5.74, 6) is 1.88. The van der Waals surface area contributed by atoms with Gasteiger partial charge in [-0.2, -0.15) is 0 Å². The Bertz CT molecular complexity index is 971. The van der Waals surface area contributed by atoms with E-state index in [9.17, 15) is 0 Å². The summed E-state index contributed by atoms with van der Waals surface area (Å²) in [6, 6.07) is 10.5. The third-order valence-corrected chi connectivity index (χ3v) is 5.02. The lowest BCUT2D eigenvalue weighted by Crippen LogP contribution is -2.06. The summed E-state index contributed by atoms with van der Waals surface area (Å²) in [4.78, 5) is 9.60. The Balaban J connectivity index is 1.90. The lowest BCUT2D eigenvalue weighted by atomic mass is 10.1. The molecular weight excluding hydrogens is 338 g/mol. The fraction of sp³-hybridized carbons (Fsp3) is 0.364. The number of methoxy groups -OCH3 is 1. The molecule has 0 atom stereocenters. The van der Waals surface area contributed by atoms with Crippen molar-refractivity contribution in [3.05, 3.63) is 53.0 Å². The minimum atomic E-state index is 0.708. The first-order chi connectivity index (χ1) is 13.1. The number of pyridine rings is 1. The topological polar surface area (TPSA) is 49.2 Å². The van der Waals surface area contributed by atoms with E-state index < -0.39 is 0 Å². The van der Waals surface area contributed by atoms with Gasteiger partial charge in [0.2, 0.25) is 0 Å². The van der Waals surface area contributed by atoms with Crippen molar-refractivity contribution in [1.82, 2.24) is 14.5 Å². The average molecular weight is 363 g/mol. The number of aromatic nitrogens is 3. The van der Waals surface area contributed by atoms with Crippen LogP contribution in [-0.4, -0.2) is 34.9 Å². The van der Waals surface area contributed by atoms with E-state index in [-0.39, 0.29) is 0 Å². The Morgan fingerprint density at radius 3 is 2.44 bits per heavy atom. The molecule has 3 heterocycles. The summed E-state index contributed by atoms with van der Waals surface area (Å²) >= 11 is 0. The molecule has 0 unspecified atom stereocenters. The molecule has 1 aliphatic rings. The third kappa shape index (κ3) is 3.35. The Kier molecular flexibility index (Phi) is 4.70. The largest absolute Gasteiger partial charge is 0.496 e. The molecule has 140 valence electrons. The van der Waals surface area contributed by atoms with Gasteiger partial charge in [0, 0.05) is 41.2 Å². The zero-order valence-electron chi connectivity index (χ0n) is 16.4. The van der Waals surface area contributed by atoms with Crippen LogP contribution in [0.5, 0.6) is 5.75 Å². The van der Waals surface area contributed by atoms with Crippen LogP contribution in [0.3, 0.4) is 0 Å². The van der Waals surface area contributed by atoms with Crippen LogP contribution in [0.4, 0.5) is 0 Å². The number of fused-ring (bicyclic) bond motifs is 1. The van der Waals surface area contributed by atoms with E-state index >= 15 is 0 Å². The van der Waals surface area contributed by atoms with Crippen molar-refractivity contribution in [3.8, 4) is 28.4 Å². The van der Waals surface area contributed by atoms with E-state index in [1.807, 2.05) is 19.9 Å². The number of benzene rings is 1. The van der Waals surface area contributed by atoms with E-state index in [1.165, 1.54) is 5.69 Å². The summed E-state index contributed by atoms with van der Waals surface area (Å²) in [5.41, 5.74) is 7.64. The maximum atomic E-state index is 5.74. The van der Waals surface area contributed by atoms with Crippen molar-refractivity contribution in [2.75, 3.05) is 20.3 Å². The third-order valence-electron chi connectivity index (χ3n) is 5.02. The first-order valence-electron chi connectivity index (χ1n) is 9.34. The highest BCUT2D eigenvalue weighted by Crippen LogP contribution is 2.33. The number of aryl methyl sites for hydroxylation is 3. The minimum absolute atomic E-state index is 0.708. The van der Waals surface area contributed by atoms with Gasteiger partial charge in [0.15, 0.2) is 0 Å². The summed E-state index contributed by atoms with van der Waals surface area (Å²) in [6.45, 7) is 8.37. The van der Waals surface area contributed by atoms with Gasteiger partial charge in [-0.15, -0.1) is 0 Å². The lowest BCUT2D eigenvalue weighted by molar-refractivity contribution is 0.140. The molecule has 5 heteroatoms. The summed E-state index contributed by atoms with van der Waals surface area (Å²) in [6.07, 6.45) is 0.859. The lowest BCUT2D eigenvalue weighted by Gasteiger charge is -2.10. The van der Waals surface area contributed by atoms with Gasteiger partial charge in [0.05, 0.1) is 26.0 Å². The number of ether oxygens (including phenoxy) is 2. The molecule has 0 amide bonds. The molecular formula is C22H25N3O2. The maximum Gasteiger partial charge on any atom is 0.140 e. The van der Waals surface area contributed by atoms with E-state index in [0.29, 0.717) is 6.61 Å². The van der Waals surface area contributed by atoms with Crippen molar-refractivity contribution < 1.29 is 9.47 Å². The molecule has 0 saturated carbocycles. The van der Waals surface area contributed by atoms with E-state index in [1.54, 1.807) is 7.11 Å². The zero-order valence-corrected chi connectivity index (χ0v) is 16.4. The number of imidazole rings is 1. The van der Waals surface area contributed by atoms with Gasteiger partial charge >= 0.3 is 0 Å². The van der Waals surface area contributed by atoms with Crippen LogP contribution in [0.15, 0.2) is 30.3 Å². The molecule has 0 spiro atoms. The quantitative estimate of drug-likeness (QED) is 0.702.